The van der Waals surface area contributed by atoms with Crippen molar-refractivity contribution in [2.75, 3.05) is 0 Å². The van der Waals surface area contributed by atoms with E-state index in [2.05, 4.69) is 9.98 Å². The van der Waals surface area contributed by atoms with E-state index in [0.717, 1.165) is 12.1 Å². The first-order valence-electron chi connectivity index (χ1n) is 8.36. The molecule has 1 heterocycles. The molecule has 0 spiro atoms. The summed E-state index contributed by atoms with van der Waals surface area (Å²) in [5.74, 6) is 0.650. The molecule has 0 aliphatic carbocycles. The summed E-state index contributed by atoms with van der Waals surface area (Å²) < 4.78 is 56.6. The van der Waals surface area contributed by atoms with Crippen LogP contribution in [0.1, 0.15) is 30.9 Å². The van der Waals surface area contributed by atoms with Gasteiger partial charge in [-0.2, -0.15) is 13.2 Å². The van der Waals surface area contributed by atoms with Crippen LogP contribution in [0.3, 0.4) is 0 Å². The summed E-state index contributed by atoms with van der Waals surface area (Å²) in [7, 11) is 0. The number of furan rings is 1. The van der Waals surface area contributed by atoms with Crippen LogP contribution in [0.15, 0.2) is 75.1 Å². The van der Waals surface area contributed by atoms with Gasteiger partial charge in [0.1, 0.15) is 17.3 Å². The van der Waals surface area contributed by atoms with Gasteiger partial charge in [0.2, 0.25) is 0 Å². The Labute approximate surface area is 159 Å². The molecule has 0 aliphatic heterocycles. The predicted octanol–water partition coefficient (Wildman–Crippen LogP) is 6.72. The molecule has 0 fully saturated rings. The lowest BCUT2D eigenvalue weighted by Crippen LogP contribution is -2.03. The number of nitrogens with zero attached hydrogens (tertiary/aromatic N) is 2. The van der Waals surface area contributed by atoms with Crippen LogP contribution in [0.25, 0.3) is 0 Å². The number of aliphatic imine (C=N–C) groups is 2. The molecule has 0 atom stereocenters. The van der Waals surface area contributed by atoms with Crippen molar-refractivity contribution in [1.29, 1.82) is 0 Å². The van der Waals surface area contributed by atoms with E-state index >= 15 is 0 Å². The zero-order valence-corrected chi connectivity index (χ0v) is 15.1. The van der Waals surface area contributed by atoms with Gasteiger partial charge in [-0.1, -0.05) is 0 Å². The van der Waals surface area contributed by atoms with Crippen LogP contribution in [0.2, 0.25) is 0 Å². The molecule has 3 aromatic rings. The third kappa shape index (κ3) is 4.73. The summed E-state index contributed by atoms with van der Waals surface area (Å²) in [6.45, 7) is 3.46. The highest BCUT2D eigenvalue weighted by Crippen LogP contribution is 2.30. The summed E-state index contributed by atoms with van der Waals surface area (Å²) in [5.41, 5.74) is 1.37. The maximum absolute atomic E-state index is 13.0. The van der Waals surface area contributed by atoms with Crippen molar-refractivity contribution in [2.45, 2.75) is 20.0 Å². The molecule has 0 amide bonds. The number of benzene rings is 2. The van der Waals surface area contributed by atoms with Crippen molar-refractivity contribution in [3.63, 3.8) is 0 Å². The van der Waals surface area contributed by atoms with Gasteiger partial charge in [0, 0.05) is 0 Å². The van der Waals surface area contributed by atoms with Crippen molar-refractivity contribution in [1.82, 2.24) is 0 Å². The van der Waals surface area contributed by atoms with Crippen molar-refractivity contribution >= 4 is 22.8 Å². The summed E-state index contributed by atoms with van der Waals surface area (Å²) in [5, 5.41) is 0. The first-order valence-corrected chi connectivity index (χ1v) is 8.36. The predicted molar refractivity (Wildman–Crippen MR) is 100 cm³/mol. The normalized spacial score (nSPS) is 13.1. The highest BCUT2D eigenvalue weighted by atomic mass is 19.4. The highest BCUT2D eigenvalue weighted by Gasteiger charge is 2.29. The second kappa shape index (κ2) is 7.80. The van der Waals surface area contributed by atoms with E-state index in [-0.39, 0.29) is 5.82 Å². The van der Waals surface area contributed by atoms with E-state index in [1.54, 1.807) is 38.1 Å². The molecule has 0 N–H and O–H groups in total. The van der Waals surface area contributed by atoms with Gasteiger partial charge in [0.05, 0.1) is 28.4 Å². The maximum atomic E-state index is 13.0. The molecular weight excluding hydrogens is 372 g/mol. The van der Waals surface area contributed by atoms with E-state index in [0.29, 0.717) is 34.3 Å². The number of alkyl halides is 3. The second-order valence-electron chi connectivity index (χ2n) is 6.08. The molecule has 1 aromatic heterocycles. The molecular formula is C21H16F4N2O. The number of hydrogen-bond donors (Lipinski definition) is 0. The van der Waals surface area contributed by atoms with E-state index in [1.165, 1.54) is 24.3 Å². The molecule has 28 heavy (non-hydrogen) atoms. The van der Waals surface area contributed by atoms with Gasteiger partial charge in [0.15, 0.2) is 0 Å². The lowest BCUT2D eigenvalue weighted by molar-refractivity contribution is -0.137. The lowest BCUT2D eigenvalue weighted by Gasteiger charge is -2.06. The molecule has 0 radical (unpaired) electrons. The fourth-order valence-corrected chi connectivity index (χ4v) is 2.46. The van der Waals surface area contributed by atoms with E-state index < -0.39 is 11.7 Å². The molecule has 0 saturated heterocycles. The first-order chi connectivity index (χ1) is 13.2. The van der Waals surface area contributed by atoms with Gasteiger partial charge in [0.25, 0.3) is 0 Å². The van der Waals surface area contributed by atoms with E-state index in [1.807, 2.05) is 0 Å². The Morgan fingerprint density at radius 1 is 0.714 bits per heavy atom. The zero-order chi connectivity index (χ0) is 20.3. The van der Waals surface area contributed by atoms with Gasteiger partial charge in [-0.25, -0.2) is 14.4 Å². The maximum Gasteiger partial charge on any atom is 0.416 e. The number of hydrogen-bond acceptors (Lipinski definition) is 3. The Hall–Kier alpha value is -3.22. The topological polar surface area (TPSA) is 37.9 Å². The molecule has 0 aliphatic rings. The van der Waals surface area contributed by atoms with Gasteiger partial charge in [-0.05, 0) is 74.5 Å². The molecule has 0 bridgehead atoms. The fourth-order valence-electron chi connectivity index (χ4n) is 2.46. The summed E-state index contributed by atoms with van der Waals surface area (Å²) >= 11 is 0. The van der Waals surface area contributed by atoms with E-state index in [4.69, 9.17) is 4.42 Å². The summed E-state index contributed by atoms with van der Waals surface area (Å²) in [6, 6.07) is 13.8. The van der Waals surface area contributed by atoms with Gasteiger partial charge in [-0.15, -0.1) is 0 Å². The van der Waals surface area contributed by atoms with Gasteiger partial charge >= 0.3 is 6.18 Å². The van der Waals surface area contributed by atoms with Crippen LogP contribution in [-0.2, 0) is 6.18 Å². The smallest absolute Gasteiger partial charge is 0.416 e. The van der Waals surface area contributed by atoms with Crippen molar-refractivity contribution in [3.8, 4) is 0 Å². The van der Waals surface area contributed by atoms with Crippen molar-refractivity contribution in [3.05, 3.63) is 83.6 Å². The third-order valence-corrected chi connectivity index (χ3v) is 3.93. The Morgan fingerprint density at radius 3 is 1.57 bits per heavy atom. The second-order valence-corrected chi connectivity index (χ2v) is 6.08. The van der Waals surface area contributed by atoms with Crippen LogP contribution in [0.5, 0.6) is 0 Å². The quantitative estimate of drug-likeness (QED) is 0.361. The highest BCUT2D eigenvalue weighted by molar-refractivity contribution is 6.01. The van der Waals surface area contributed by atoms with Crippen LogP contribution in [-0.4, -0.2) is 11.4 Å². The van der Waals surface area contributed by atoms with Gasteiger partial charge < -0.3 is 4.42 Å². The molecule has 3 nitrogen and oxygen atoms in total. The molecule has 3 rings (SSSR count). The minimum absolute atomic E-state index is 0.341. The van der Waals surface area contributed by atoms with Crippen molar-refractivity contribution < 1.29 is 22.0 Å². The van der Waals surface area contributed by atoms with Crippen LogP contribution in [0, 0.1) is 5.82 Å². The molecule has 2 aromatic carbocycles. The first kappa shape index (κ1) is 19.5. The zero-order valence-electron chi connectivity index (χ0n) is 15.1. The standard InChI is InChI=1S/C21H16F4N2O/c1-13(26-17-7-3-15(4-8-17)21(23,24)25)19-11-12-20(28-19)14(2)27-18-9-5-16(22)6-10-18/h3-12H,1-2H3. The Balaban J connectivity index is 1.78. The minimum atomic E-state index is -4.38. The Morgan fingerprint density at radius 2 is 1.14 bits per heavy atom. The Bertz CT molecular complexity index is 1010. The summed E-state index contributed by atoms with van der Waals surface area (Å²) in [6.07, 6.45) is -4.38. The van der Waals surface area contributed by atoms with Crippen LogP contribution in [0.4, 0.5) is 28.9 Å². The Kier molecular flexibility index (Phi) is 5.44. The average molecular weight is 388 g/mol. The van der Waals surface area contributed by atoms with Crippen molar-refractivity contribution in [2.24, 2.45) is 9.98 Å². The summed E-state index contributed by atoms with van der Waals surface area (Å²) in [4.78, 5) is 8.66. The van der Waals surface area contributed by atoms with E-state index in [9.17, 15) is 17.6 Å². The molecule has 0 saturated carbocycles. The molecule has 0 unspecified atom stereocenters. The minimum Gasteiger partial charge on any atom is -0.454 e. The van der Waals surface area contributed by atoms with Crippen LogP contribution < -0.4 is 0 Å². The number of halogens is 4. The largest absolute Gasteiger partial charge is 0.454 e. The number of rotatable bonds is 4. The molecule has 144 valence electrons. The fraction of sp³-hybridized carbons (Fsp3) is 0.143. The van der Waals surface area contributed by atoms with Crippen LogP contribution >= 0.6 is 0 Å². The molecule has 7 heteroatoms. The monoisotopic (exact) mass is 388 g/mol. The van der Waals surface area contributed by atoms with Gasteiger partial charge in [-0.3, -0.25) is 0 Å². The third-order valence-electron chi connectivity index (χ3n) is 3.93. The lowest BCUT2D eigenvalue weighted by atomic mass is 10.2. The average Bonchev–Trinajstić information content (AvgIpc) is 3.14. The SMILES string of the molecule is CC(=Nc1ccc(F)cc1)c1ccc(C(C)=Nc2ccc(C(F)(F)F)cc2)o1.